The fourth-order valence-corrected chi connectivity index (χ4v) is 2.54. The molecule has 0 fully saturated rings. The highest BCUT2D eigenvalue weighted by Gasteiger charge is 2.24. The van der Waals surface area contributed by atoms with E-state index < -0.39 is 6.09 Å². The molecule has 0 bridgehead atoms. The predicted molar refractivity (Wildman–Crippen MR) is 68.1 cm³/mol. The van der Waals surface area contributed by atoms with Gasteiger partial charge in [0, 0.05) is 5.75 Å². The quantitative estimate of drug-likeness (QED) is 0.877. The molecule has 1 amide bonds. The number of carbonyl (C=O) groups is 1. The fourth-order valence-electron chi connectivity index (χ4n) is 1.61. The largest absolute Gasteiger partial charge is 0.495 e. The van der Waals surface area contributed by atoms with Crippen LogP contribution in [0.25, 0.3) is 0 Å². The van der Waals surface area contributed by atoms with Crippen LogP contribution in [-0.2, 0) is 4.74 Å². The maximum Gasteiger partial charge on any atom is 0.417 e. The summed E-state index contributed by atoms with van der Waals surface area (Å²) in [5, 5.41) is 9.97. The summed E-state index contributed by atoms with van der Waals surface area (Å²) in [6, 6.07) is 9.02. The number of ether oxygens (including phenoxy) is 1. The van der Waals surface area contributed by atoms with Gasteiger partial charge in [0.2, 0.25) is 0 Å². The summed E-state index contributed by atoms with van der Waals surface area (Å²) in [4.78, 5) is 12.6. The van der Waals surface area contributed by atoms with Crippen LogP contribution in [0.5, 0.6) is 0 Å². The molecule has 5 heteroatoms. The monoisotopic (exact) mass is 251 g/mol. The van der Waals surface area contributed by atoms with Crippen molar-refractivity contribution in [2.45, 2.75) is 6.92 Å². The molecule has 4 nitrogen and oxygen atoms in total. The van der Waals surface area contributed by atoms with Crippen molar-refractivity contribution in [3.05, 3.63) is 41.1 Å². The number of hydrogen-bond acceptors (Lipinski definition) is 3. The lowest BCUT2D eigenvalue weighted by Crippen LogP contribution is -2.30. The van der Waals surface area contributed by atoms with E-state index in [9.17, 15) is 9.90 Å². The van der Waals surface area contributed by atoms with Gasteiger partial charge in [0.15, 0.2) is 0 Å². The zero-order valence-corrected chi connectivity index (χ0v) is 10.2. The van der Waals surface area contributed by atoms with Crippen LogP contribution >= 0.6 is 11.8 Å². The van der Waals surface area contributed by atoms with Crippen LogP contribution in [0.2, 0.25) is 0 Å². The predicted octanol–water partition coefficient (Wildman–Crippen LogP) is 3.12. The average Bonchev–Trinajstić information content (AvgIpc) is 2.33. The van der Waals surface area contributed by atoms with Crippen molar-refractivity contribution in [1.82, 2.24) is 0 Å². The Labute approximate surface area is 104 Å². The normalized spacial score (nSPS) is 15.4. The minimum Gasteiger partial charge on any atom is -0.495 e. The summed E-state index contributed by atoms with van der Waals surface area (Å²) in [5.41, 5.74) is 0.632. The van der Waals surface area contributed by atoms with Crippen molar-refractivity contribution in [1.29, 1.82) is 0 Å². The van der Waals surface area contributed by atoms with Crippen LogP contribution < -0.4 is 4.90 Å². The molecule has 0 saturated heterocycles. The van der Waals surface area contributed by atoms with E-state index in [0.29, 0.717) is 23.1 Å². The molecule has 0 saturated carbocycles. The summed E-state index contributed by atoms with van der Waals surface area (Å²) >= 11 is 1.50. The molecule has 0 aromatic heterocycles. The Morgan fingerprint density at radius 1 is 1.41 bits per heavy atom. The van der Waals surface area contributed by atoms with Crippen molar-refractivity contribution < 1.29 is 14.6 Å². The number of benzene rings is 1. The summed E-state index contributed by atoms with van der Waals surface area (Å²) in [6.07, 6.45) is -0.997. The lowest BCUT2D eigenvalue weighted by Gasteiger charge is -2.26. The number of rotatable bonds is 2. The van der Waals surface area contributed by atoms with Gasteiger partial charge in [-0.3, -0.25) is 0 Å². The van der Waals surface area contributed by atoms with Crippen LogP contribution in [0.1, 0.15) is 6.92 Å². The van der Waals surface area contributed by atoms with Gasteiger partial charge in [0.05, 0.1) is 12.3 Å². The Bertz CT molecular complexity index is 444. The highest BCUT2D eigenvalue weighted by Crippen LogP contribution is 2.32. The van der Waals surface area contributed by atoms with Crippen molar-refractivity contribution in [3.8, 4) is 0 Å². The first-order valence-electron chi connectivity index (χ1n) is 5.24. The number of carboxylic acid groups (broad SMARTS) is 1. The summed E-state index contributed by atoms with van der Waals surface area (Å²) in [5.74, 6) is 1.43. The number of para-hydroxylation sites is 1. The molecule has 1 aromatic carbocycles. The Balaban J connectivity index is 2.40. The number of nitrogens with zero attached hydrogens (tertiary/aromatic N) is 1. The zero-order valence-electron chi connectivity index (χ0n) is 9.42. The molecule has 1 aliphatic rings. The minimum atomic E-state index is -0.997. The maximum atomic E-state index is 11.4. The molecule has 0 unspecified atom stereocenters. The lowest BCUT2D eigenvalue weighted by molar-refractivity contribution is 0.201. The Hall–Kier alpha value is -1.62. The van der Waals surface area contributed by atoms with Crippen LogP contribution in [0.4, 0.5) is 10.5 Å². The van der Waals surface area contributed by atoms with E-state index in [1.54, 1.807) is 19.1 Å². The molecule has 1 heterocycles. The lowest BCUT2D eigenvalue weighted by atomic mass is 10.3. The van der Waals surface area contributed by atoms with Gasteiger partial charge in [-0.2, -0.15) is 0 Å². The highest BCUT2D eigenvalue weighted by molar-refractivity contribution is 8.03. The second kappa shape index (κ2) is 5.14. The van der Waals surface area contributed by atoms with Gasteiger partial charge in [0.25, 0.3) is 0 Å². The molecule has 0 radical (unpaired) electrons. The van der Waals surface area contributed by atoms with E-state index in [0.717, 1.165) is 5.75 Å². The van der Waals surface area contributed by atoms with E-state index in [1.165, 1.54) is 16.7 Å². The van der Waals surface area contributed by atoms with E-state index in [1.807, 2.05) is 18.2 Å². The zero-order chi connectivity index (χ0) is 12.3. The third kappa shape index (κ3) is 2.55. The van der Waals surface area contributed by atoms with Crippen LogP contribution in [0, 0.1) is 0 Å². The Morgan fingerprint density at radius 2 is 2.12 bits per heavy atom. The molecule has 17 heavy (non-hydrogen) atoms. The standard InChI is InChI=1S/C12H13NO3S/c1-9-11(17-8-7-16-9)13(12(14)15)10-5-3-2-4-6-10/h2-6H,7-8H2,1H3,(H,14,15). The van der Waals surface area contributed by atoms with Gasteiger partial charge in [-0.15, -0.1) is 11.8 Å². The molecule has 0 atom stereocenters. The van der Waals surface area contributed by atoms with Gasteiger partial charge >= 0.3 is 6.09 Å². The molecule has 90 valence electrons. The van der Waals surface area contributed by atoms with Crippen LogP contribution in [-0.4, -0.2) is 23.6 Å². The Morgan fingerprint density at radius 3 is 2.71 bits per heavy atom. The molecule has 2 rings (SSSR count). The minimum absolute atomic E-state index is 0.627. The smallest absolute Gasteiger partial charge is 0.417 e. The molecular weight excluding hydrogens is 238 g/mol. The van der Waals surface area contributed by atoms with Gasteiger partial charge in [-0.25, -0.2) is 9.69 Å². The van der Waals surface area contributed by atoms with Crippen molar-refractivity contribution in [3.63, 3.8) is 0 Å². The van der Waals surface area contributed by atoms with Gasteiger partial charge in [-0.1, -0.05) is 18.2 Å². The van der Waals surface area contributed by atoms with Crippen LogP contribution in [0.15, 0.2) is 41.1 Å². The summed E-state index contributed by atoms with van der Waals surface area (Å²) in [6.45, 7) is 2.42. The Kier molecular flexibility index (Phi) is 3.58. The number of hydrogen-bond donors (Lipinski definition) is 1. The third-order valence-electron chi connectivity index (χ3n) is 2.35. The van der Waals surface area contributed by atoms with Crippen LogP contribution in [0.3, 0.4) is 0 Å². The van der Waals surface area contributed by atoms with Gasteiger partial charge in [0.1, 0.15) is 10.8 Å². The van der Waals surface area contributed by atoms with E-state index in [4.69, 9.17) is 4.74 Å². The number of allylic oxidation sites excluding steroid dienone is 1. The first kappa shape index (κ1) is 11.9. The second-order valence-corrected chi connectivity index (χ2v) is 4.60. The van der Waals surface area contributed by atoms with Gasteiger partial charge < -0.3 is 9.84 Å². The molecule has 1 N–H and O–H groups in total. The SMILES string of the molecule is CC1=C(N(C(=O)O)c2ccccc2)SCCO1. The van der Waals surface area contributed by atoms with E-state index >= 15 is 0 Å². The summed E-state index contributed by atoms with van der Waals surface area (Å²) in [7, 11) is 0. The van der Waals surface area contributed by atoms with E-state index in [-0.39, 0.29) is 0 Å². The number of thioether (sulfide) groups is 1. The third-order valence-corrected chi connectivity index (χ3v) is 3.46. The second-order valence-electron chi connectivity index (χ2n) is 3.51. The fraction of sp³-hybridized carbons (Fsp3) is 0.250. The molecule has 0 spiro atoms. The first-order chi connectivity index (χ1) is 8.20. The molecule has 1 aliphatic heterocycles. The molecular formula is C12H13NO3S. The number of anilines is 1. The highest BCUT2D eigenvalue weighted by atomic mass is 32.2. The molecule has 1 aromatic rings. The first-order valence-corrected chi connectivity index (χ1v) is 6.23. The average molecular weight is 251 g/mol. The maximum absolute atomic E-state index is 11.4. The summed E-state index contributed by atoms with van der Waals surface area (Å²) < 4.78 is 5.40. The van der Waals surface area contributed by atoms with Gasteiger partial charge in [-0.05, 0) is 19.1 Å². The topological polar surface area (TPSA) is 49.8 Å². The van der Waals surface area contributed by atoms with Crippen molar-refractivity contribution in [2.75, 3.05) is 17.3 Å². The van der Waals surface area contributed by atoms with E-state index in [2.05, 4.69) is 0 Å². The molecule has 0 aliphatic carbocycles. The van der Waals surface area contributed by atoms with Crippen molar-refractivity contribution in [2.24, 2.45) is 0 Å². The number of amides is 1. The van der Waals surface area contributed by atoms with Crippen molar-refractivity contribution >= 4 is 23.5 Å².